The van der Waals surface area contributed by atoms with Crippen LogP contribution in [0.4, 0.5) is 0 Å². The molecule has 0 spiro atoms. The van der Waals surface area contributed by atoms with Crippen molar-refractivity contribution in [1.82, 2.24) is 20.6 Å². The summed E-state index contributed by atoms with van der Waals surface area (Å²) in [6.45, 7) is 3.35. The lowest BCUT2D eigenvalue weighted by molar-refractivity contribution is -0.141. The molecule has 6 heteroatoms. The van der Waals surface area contributed by atoms with Gasteiger partial charge in [-0.1, -0.05) is 0 Å². The minimum atomic E-state index is -0.384. The van der Waals surface area contributed by atoms with E-state index in [-0.39, 0.29) is 11.3 Å². The van der Waals surface area contributed by atoms with Crippen LogP contribution in [0.1, 0.15) is 12.2 Å². The van der Waals surface area contributed by atoms with Crippen molar-refractivity contribution < 1.29 is 9.53 Å². The van der Waals surface area contributed by atoms with Gasteiger partial charge in [0.25, 0.3) is 0 Å². The maximum atomic E-state index is 12.4. The molecule has 3 heterocycles. The Morgan fingerprint density at radius 1 is 1.67 bits per heavy atom. The topological polar surface area (TPSA) is 79.0 Å². The highest BCUT2D eigenvalue weighted by molar-refractivity contribution is 5.84. The number of aromatic amines is 1. The number of carbonyl (C=O) groups excluding carboxylic acids is 1. The lowest BCUT2D eigenvalue weighted by atomic mass is 9.75. The van der Waals surface area contributed by atoms with Crippen molar-refractivity contribution in [3.05, 3.63) is 18.2 Å². The van der Waals surface area contributed by atoms with Gasteiger partial charge in [0.15, 0.2) is 0 Å². The number of aromatic nitrogens is 2. The molecule has 0 unspecified atom stereocenters. The Morgan fingerprint density at radius 3 is 3.44 bits per heavy atom. The van der Waals surface area contributed by atoms with Gasteiger partial charge in [-0.15, -0.1) is 0 Å². The summed E-state index contributed by atoms with van der Waals surface area (Å²) < 4.78 is 5.52. The van der Waals surface area contributed by atoms with Gasteiger partial charge in [-0.05, 0) is 18.9 Å². The van der Waals surface area contributed by atoms with Gasteiger partial charge >= 0.3 is 0 Å². The van der Waals surface area contributed by atoms with Crippen molar-refractivity contribution in [2.75, 3.05) is 26.3 Å². The molecule has 2 fully saturated rings. The lowest BCUT2D eigenvalue weighted by Crippen LogP contribution is -2.51. The number of carbonyl (C=O) groups is 1. The highest BCUT2D eigenvalue weighted by atomic mass is 16.5. The Bertz CT molecular complexity index is 420. The summed E-state index contributed by atoms with van der Waals surface area (Å²) in [6.07, 6.45) is 4.40. The third-order valence-corrected chi connectivity index (χ3v) is 4.01. The van der Waals surface area contributed by atoms with Crippen molar-refractivity contribution in [3.63, 3.8) is 0 Å². The number of amides is 1. The number of fused-ring (bicyclic) bond motifs is 1. The Morgan fingerprint density at radius 2 is 2.61 bits per heavy atom. The number of ether oxygens (including phenoxy) is 1. The van der Waals surface area contributed by atoms with Gasteiger partial charge < -0.3 is 20.4 Å². The van der Waals surface area contributed by atoms with E-state index < -0.39 is 0 Å². The molecule has 98 valence electrons. The molecule has 0 saturated carbocycles. The zero-order valence-electron chi connectivity index (χ0n) is 10.2. The van der Waals surface area contributed by atoms with E-state index in [0.717, 1.165) is 25.4 Å². The minimum absolute atomic E-state index is 0.0774. The number of H-pyrrole nitrogens is 1. The number of nitrogens with zero attached hydrogens (tertiary/aromatic N) is 1. The Hall–Kier alpha value is -1.40. The van der Waals surface area contributed by atoms with Crippen molar-refractivity contribution in [2.24, 2.45) is 11.3 Å². The molecule has 2 atom stereocenters. The van der Waals surface area contributed by atoms with Crippen LogP contribution < -0.4 is 10.6 Å². The third kappa shape index (κ3) is 1.91. The summed E-state index contributed by atoms with van der Waals surface area (Å²) in [5, 5.41) is 6.28. The first-order valence-corrected chi connectivity index (χ1v) is 6.36. The largest absolute Gasteiger partial charge is 0.380 e. The zero-order valence-corrected chi connectivity index (χ0v) is 10.2. The molecule has 6 nitrogen and oxygen atoms in total. The molecule has 0 bridgehead atoms. The predicted molar refractivity (Wildman–Crippen MR) is 64.7 cm³/mol. The van der Waals surface area contributed by atoms with Crippen molar-refractivity contribution in [2.45, 2.75) is 13.0 Å². The van der Waals surface area contributed by atoms with E-state index >= 15 is 0 Å². The molecular formula is C12H18N4O2. The number of hydrogen-bond acceptors (Lipinski definition) is 4. The van der Waals surface area contributed by atoms with E-state index in [1.54, 1.807) is 12.4 Å². The fourth-order valence-electron chi connectivity index (χ4n) is 2.90. The van der Waals surface area contributed by atoms with Crippen LogP contribution in [0.2, 0.25) is 0 Å². The van der Waals surface area contributed by atoms with Gasteiger partial charge in [0.2, 0.25) is 5.91 Å². The second-order valence-corrected chi connectivity index (χ2v) is 5.04. The van der Waals surface area contributed by atoms with Crippen LogP contribution in [0, 0.1) is 11.3 Å². The third-order valence-electron chi connectivity index (χ3n) is 4.01. The molecule has 0 radical (unpaired) electrons. The predicted octanol–water partition coefficient (Wildman–Crippen LogP) is -0.348. The quantitative estimate of drug-likeness (QED) is 0.685. The second-order valence-electron chi connectivity index (χ2n) is 5.04. The van der Waals surface area contributed by atoms with Gasteiger partial charge in [-0.2, -0.15) is 0 Å². The molecule has 3 rings (SSSR count). The molecule has 3 N–H and O–H groups in total. The van der Waals surface area contributed by atoms with E-state index in [1.165, 1.54) is 0 Å². The minimum Gasteiger partial charge on any atom is -0.380 e. The second kappa shape index (κ2) is 4.70. The highest BCUT2D eigenvalue weighted by Gasteiger charge is 2.50. The van der Waals surface area contributed by atoms with Crippen LogP contribution in [0.15, 0.2) is 12.4 Å². The zero-order chi connectivity index (χ0) is 12.4. The number of hydrogen-bond donors (Lipinski definition) is 3. The summed E-state index contributed by atoms with van der Waals surface area (Å²) in [7, 11) is 0. The number of imidazole rings is 1. The van der Waals surface area contributed by atoms with Gasteiger partial charge in [0.05, 0.1) is 18.6 Å². The fraction of sp³-hybridized carbons (Fsp3) is 0.667. The summed E-state index contributed by atoms with van der Waals surface area (Å²) in [5.74, 6) is 1.25. The molecule has 0 aromatic carbocycles. The van der Waals surface area contributed by atoms with Gasteiger partial charge in [-0.3, -0.25) is 4.79 Å². The Kier molecular flexibility index (Phi) is 3.05. The molecule has 1 amide bonds. The normalized spacial score (nSPS) is 31.0. The molecule has 2 aliphatic rings. The van der Waals surface area contributed by atoms with Crippen LogP contribution >= 0.6 is 0 Å². The van der Waals surface area contributed by atoms with E-state index in [1.807, 2.05) is 0 Å². The number of nitrogens with one attached hydrogen (secondary N) is 3. The standard InChI is InChI=1S/C12H18N4O2/c17-11(16-6-10-14-2-3-15-10)12-7-13-5-9(12)1-4-18-8-12/h2-3,9,13H,1,4-8H2,(H,14,15)(H,16,17)/t9-,12+/m1/s1. The van der Waals surface area contributed by atoms with E-state index in [0.29, 0.717) is 25.6 Å². The first-order valence-electron chi connectivity index (χ1n) is 6.36. The van der Waals surface area contributed by atoms with Crippen molar-refractivity contribution >= 4 is 5.91 Å². The maximum absolute atomic E-state index is 12.4. The number of rotatable bonds is 3. The summed E-state index contributed by atoms with van der Waals surface area (Å²) in [5.41, 5.74) is -0.384. The fourth-order valence-corrected chi connectivity index (χ4v) is 2.90. The molecule has 2 saturated heterocycles. The molecular weight excluding hydrogens is 232 g/mol. The Balaban J connectivity index is 1.66. The lowest BCUT2D eigenvalue weighted by Gasteiger charge is -2.36. The smallest absolute Gasteiger partial charge is 0.230 e. The van der Waals surface area contributed by atoms with Gasteiger partial charge in [0.1, 0.15) is 5.82 Å². The first kappa shape index (κ1) is 11.7. The van der Waals surface area contributed by atoms with Crippen LogP contribution in [-0.2, 0) is 16.1 Å². The van der Waals surface area contributed by atoms with Crippen LogP contribution in [0.5, 0.6) is 0 Å². The van der Waals surface area contributed by atoms with Crippen LogP contribution in [0.3, 0.4) is 0 Å². The maximum Gasteiger partial charge on any atom is 0.230 e. The molecule has 1 aromatic rings. The van der Waals surface area contributed by atoms with E-state index in [4.69, 9.17) is 4.74 Å². The molecule has 18 heavy (non-hydrogen) atoms. The molecule has 2 aliphatic heterocycles. The molecule has 0 aliphatic carbocycles. The average molecular weight is 250 g/mol. The first-order chi connectivity index (χ1) is 8.81. The molecule has 1 aromatic heterocycles. The van der Waals surface area contributed by atoms with Crippen LogP contribution in [0.25, 0.3) is 0 Å². The van der Waals surface area contributed by atoms with Crippen molar-refractivity contribution in [3.8, 4) is 0 Å². The van der Waals surface area contributed by atoms with E-state index in [2.05, 4.69) is 20.6 Å². The SMILES string of the molecule is O=C(NCc1ncc[nH]1)[C@]12CNC[C@H]1CCOC2. The van der Waals surface area contributed by atoms with Gasteiger partial charge in [-0.25, -0.2) is 4.98 Å². The monoisotopic (exact) mass is 250 g/mol. The highest BCUT2D eigenvalue weighted by Crippen LogP contribution is 2.37. The summed E-state index contributed by atoms with van der Waals surface area (Å²) in [6, 6.07) is 0. The van der Waals surface area contributed by atoms with E-state index in [9.17, 15) is 4.79 Å². The average Bonchev–Trinajstić information content (AvgIpc) is 3.05. The van der Waals surface area contributed by atoms with Crippen molar-refractivity contribution in [1.29, 1.82) is 0 Å². The Labute approximate surface area is 106 Å². The summed E-state index contributed by atoms with van der Waals surface area (Å²) in [4.78, 5) is 19.5. The summed E-state index contributed by atoms with van der Waals surface area (Å²) >= 11 is 0. The van der Waals surface area contributed by atoms with Gasteiger partial charge in [0, 0.05) is 25.5 Å². The van der Waals surface area contributed by atoms with Crippen LogP contribution in [-0.4, -0.2) is 42.2 Å².